The molecule has 62 valence electrons. The van der Waals surface area contributed by atoms with Crippen molar-refractivity contribution in [2.45, 2.75) is 26.2 Å². The van der Waals surface area contributed by atoms with Gasteiger partial charge in [0.1, 0.15) is 11.4 Å². The van der Waals surface area contributed by atoms with Crippen molar-refractivity contribution in [1.29, 1.82) is 0 Å². The Morgan fingerprint density at radius 1 is 1.27 bits per heavy atom. The summed E-state index contributed by atoms with van der Waals surface area (Å²) >= 11 is 0. The summed E-state index contributed by atoms with van der Waals surface area (Å²) in [5.41, 5.74) is 1.04. The summed E-state index contributed by atoms with van der Waals surface area (Å²) in [4.78, 5) is 0. The molecule has 1 atom stereocenters. The van der Waals surface area contributed by atoms with Gasteiger partial charge in [0.05, 0.1) is 0 Å². The highest BCUT2D eigenvalue weighted by atomic mass is 16.4. The Balaban J connectivity index is 2.72. The maximum atomic E-state index is 8.51. The monoisotopic (exact) mass is 156 g/mol. The minimum atomic E-state index is 0.519. The summed E-state index contributed by atoms with van der Waals surface area (Å²) in [6, 6.07) is 0. The Hall–Kier alpha value is -1.06. The molecule has 0 aliphatic heterocycles. The van der Waals surface area contributed by atoms with Crippen molar-refractivity contribution in [3.63, 3.8) is 0 Å². The third-order valence-corrected chi connectivity index (χ3v) is 1.99. The van der Waals surface area contributed by atoms with E-state index in [-0.39, 0.29) is 0 Å². The van der Waals surface area contributed by atoms with E-state index in [4.69, 9.17) is 10.4 Å². The van der Waals surface area contributed by atoms with Gasteiger partial charge < -0.3 is 10.4 Å². The number of hydrogen-bond donors (Lipinski definition) is 2. The van der Waals surface area contributed by atoms with Crippen molar-refractivity contribution >= 4 is 11.4 Å². The summed E-state index contributed by atoms with van der Waals surface area (Å²) in [5.74, 6) is 0.520. The number of rotatable bonds is 0. The molecule has 0 radical (unpaired) electrons. The van der Waals surface area contributed by atoms with Crippen LogP contribution < -0.4 is 0 Å². The van der Waals surface area contributed by atoms with Gasteiger partial charge in [-0.25, -0.2) is 0 Å². The average Bonchev–Trinajstić information content (AvgIpc) is 2.04. The van der Waals surface area contributed by atoms with Gasteiger partial charge in [0.2, 0.25) is 0 Å². The van der Waals surface area contributed by atoms with Crippen molar-refractivity contribution in [3.8, 4) is 0 Å². The molecule has 0 bridgehead atoms. The van der Waals surface area contributed by atoms with Crippen LogP contribution in [-0.2, 0) is 0 Å². The van der Waals surface area contributed by atoms with Gasteiger partial charge in [-0.05, 0) is 25.2 Å². The van der Waals surface area contributed by atoms with Crippen molar-refractivity contribution in [3.05, 3.63) is 0 Å². The lowest BCUT2D eigenvalue weighted by Gasteiger charge is -2.18. The summed E-state index contributed by atoms with van der Waals surface area (Å²) in [7, 11) is 0. The SMILES string of the molecule is C[C@H]1CCC(=N\O)/C(=N/O)C1. The van der Waals surface area contributed by atoms with E-state index in [0.29, 0.717) is 30.2 Å². The Labute approximate surface area is 65.2 Å². The minimum Gasteiger partial charge on any atom is -0.411 e. The molecule has 2 N–H and O–H groups in total. The number of hydrogen-bond acceptors (Lipinski definition) is 4. The highest BCUT2D eigenvalue weighted by Crippen LogP contribution is 2.19. The van der Waals surface area contributed by atoms with Crippen LogP contribution in [0.3, 0.4) is 0 Å². The van der Waals surface area contributed by atoms with Crippen molar-refractivity contribution in [2.75, 3.05) is 0 Å². The first-order valence-electron chi connectivity index (χ1n) is 3.70. The fourth-order valence-electron chi connectivity index (χ4n) is 1.28. The zero-order chi connectivity index (χ0) is 8.27. The van der Waals surface area contributed by atoms with Gasteiger partial charge in [-0.1, -0.05) is 17.2 Å². The fourth-order valence-corrected chi connectivity index (χ4v) is 1.28. The second-order valence-electron chi connectivity index (χ2n) is 2.94. The molecule has 0 spiro atoms. The summed E-state index contributed by atoms with van der Waals surface area (Å²) in [6.45, 7) is 2.08. The standard InChI is InChI=1S/C7H12N2O2/c1-5-2-3-6(8-10)7(4-5)9-11/h5,10-11H,2-4H2,1H3/b8-6+,9-7+/t5-/m0/s1. The zero-order valence-corrected chi connectivity index (χ0v) is 6.49. The normalized spacial score (nSPS) is 33.0. The minimum absolute atomic E-state index is 0.519. The Morgan fingerprint density at radius 3 is 2.45 bits per heavy atom. The number of nitrogens with zero attached hydrogens (tertiary/aromatic N) is 2. The van der Waals surface area contributed by atoms with Crippen molar-refractivity contribution < 1.29 is 10.4 Å². The maximum Gasteiger partial charge on any atom is 0.105 e. The van der Waals surface area contributed by atoms with Gasteiger partial charge in [0, 0.05) is 0 Å². The van der Waals surface area contributed by atoms with Gasteiger partial charge in [0.15, 0.2) is 0 Å². The molecule has 0 saturated heterocycles. The molecular formula is C7H12N2O2. The van der Waals surface area contributed by atoms with Crippen LogP contribution in [0.2, 0.25) is 0 Å². The van der Waals surface area contributed by atoms with E-state index < -0.39 is 0 Å². The van der Waals surface area contributed by atoms with Gasteiger partial charge in [-0.3, -0.25) is 0 Å². The molecule has 0 amide bonds. The van der Waals surface area contributed by atoms with E-state index in [9.17, 15) is 0 Å². The molecule has 1 aliphatic rings. The van der Waals surface area contributed by atoms with Crippen molar-refractivity contribution in [1.82, 2.24) is 0 Å². The van der Waals surface area contributed by atoms with Gasteiger partial charge in [-0.2, -0.15) is 0 Å². The topological polar surface area (TPSA) is 65.2 Å². The first-order valence-corrected chi connectivity index (χ1v) is 3.70. The van der Waals surface area contributed by atoms with Gasteiger partial charge in [0.25, 0.3) is 0 Å². The summed E-state index contributed by atoms with van der Waals surface area (Å²) in [5, 5.41) is 23.1. The molecule has 1 aliphatic carbocycles. The molecule has 11 heavy (non-hydrogen) atoms. The predicted molar refractivity (Wildman–Crippen MR) is 41.5 cm³/mol. The third kappa shape index (κ3) is 1.69. The van der Waals surface area contributed by atoms with E-state index in [0.717, 1.165) is 6.42 Å². The van der Waals surface area contributed by atoms with E-state index in [1.807, 2.05) is 0 Å². The van der Waals surface area contributed by atoms with Crippen LogP contribution in [-0.4, -0.2) is 21.8 Å². The average molecular weight is 156 g/mol. The molecule has 0 heterocycles. The van der Waals surface area contributed by atoms with Crippen LogP contribution in [0, 0.1) is 5.92 Å². The molecule has 1 fully saturated rings. The summed E-state index contributed by atoms with van der Waals surface area (Å²) < 4.78 is 0. The van der Waals surface area contributed by atoms with E-state index >= 15 is 0 Å². The van der Waals surface area contributed by atoms with E-state index in [1.165, 1.54) is 0 Å². The first kappa shape index (κ1) is 8.04. The van der Waals surface area contributed by atoms with Gasteiger partial charge in [-0.15, -0.1) is 0 Å². The summed E-state index contributed by atoms with van der Waals surface area (Å²) in [6.07, 6.45) is 2.41. The zero-order valence-electron chi connectivity index (χ0n) is 6.49. The third-order valence-electron chi connectivity index (χ3n) is 1.99. The van der Waals surface area contributed by atoms with Crippen LogP contribution >= 0.6 is 0 Å². The molecular weight excluding hydrogens is 144 g/mol. The van der Waals surface area contributed by atoms with Crippen molar-refractivity contribution in [2.24, 2.45) is 16.2 Å². The molecule has 1 rings (SSSR count). The van der Waals surface area contributed by atoms with Crippen LogP contribution in [0.5, 0.6) is 0 Å². The largest absolute Gasteiger partial charge is 0.411 e. The van der Waals surface area contributed by atoms with Crippen LogP contribution in [0.4, 0.5) is 0 Å². The lowest BCUT2D eigenvalue weighted by atomic mass is 9.88. The highest BCUT2D eigenvalue weighted by molar-refractivity contribution is 6.42. The first-order chi connectivity index (χ1) is 5.27. The second kappa shape index (κ2) is 3.37. The smallest absolute Gasteiger partial charge is 0.105 e. The molecule has 4 nitrogen and oxygen atoms in total. The lowest BCUT2D eigenvalue weighted by Crippen LogP contribution is -2.23. The number of oxime groups is 2. The molecule has 1 saturated carbocycles. The quantitative estimate of drug-likeness (QED) is 0.412. The van der Waals surface area contributed by atoms with Gasteiger partial charge >= 0.3 is 0 Å². The Bertz CT molecular complexity index is 199. The lowest BCUT2D eigenvalue weighted by molar-refractivity contribution is 0.308. The fraction of sp³-hybridized carbons (Fsp3) is 0.714. The van der Waals surface area contributed by atoms with Crippen LogP contribution in [0.25, 0.3) is 0 Å². The second-order valence-corrected chi connectivity index (χ2v) is 2.94. The molecule has 0 unspecified atom stereocenters. The maximum absolute atomic E-state index is 8.51. The van der Waals surface area contributed by atoms with Crippen LogP contribution in [0.15, 0.2) is 10.3 Å². The Morgan fingerprint density at radius 2 is 1.91 bits per heavy atom. The highest BCUT2D eigenvalue weighted by Gasteiger charge is 2.20. The van der Waals surface area contributed by atoms with Crippen LogP contribution in [0.1, 0.15) is 26.2 Å². The predicted octanol–water partition coefficient (Wildman–Crippen LogP) is 1.47. The van der Waals surface area contributed by atoms with E-state index in [1.54, 1.807) is 0 Å². The molecule has 0 aromatic rings. The molecule has 4 heteroatoms. The molecule has 0 aromatic carbocycles. The molecule has 0 aromatic heterocycles. The Kier molecular flexibility index (Phi) is 2.46. The van der Waals surface area contributed by atoms with E-state index in [2.05, 4.69) is 17.2 Å².